The third-order valence-corrected chi connectivity index (χ3v) is 2.67. The van der Waals surface area contributed by atoms with Gasteiger partial charge in [0.1, 0.15) is 0 Å². The Labute approximate surface area is 147 Å². The summed E-state index contributed by atoms with van der Waals surface area (Å²) in [6, 6.07) is 0. The number of carbonyl (C=O) groups excluding carboxylic acids is 2. The third kappa shape index (κ3) is 24.6. The molecule has 0 aliphatic heterocycles. The number of likely N-dealkylation sites (N-methyl/N-ethyl adjacent to an activating group) is 1. The van der Waals surface area contributed by atoms with Crippen molar-refractivity contribution in [3.8, 4) is 0 Å². The zero-order valence-corrected chi connectivity index (χ0v) is 16.0. The highest BCUT2D eigenvalue weighted by Gasteiger charge is 1.97. The molecule has 22 heavy (non-hydrogen) atoms. The van der Waals surface area contributed by atoms with E-state index in [0.29, 0.717) is 46.1 Å². The number of nitrogens with one attached hydrogen (secondary N) is 3. The molecule has 8 heteroatoms. The van der Waals surface area contributed by atoms with Gasteiger partial charge in [0.05, 0.1) is 33.0 Å². The highest BCUT2D eigenvalue weighted by Crippen LogP contribution is 1.82. The van der Waals surface area contributed by atoms with Gasteiger partial charge in [0.25, 0.3) is 3.91 Å². The first-order chi connectivity index (χ1) is 10.6. The number of ether oxygens (including phenoxy) is 2. The van der Waals surface area contributed by atoms with Crippen LogP contribution in [-0.2, 0) is 14.3 Å². The van der Waals surface area contributed by atoms with Crippen LogP contribution in [0.1, 0.15) is 26.7 Å². The number of carbonyl (C=O) groups is 2. The molecule has 7 nitrogen and oxygen atoms in total. The smallest absolute Gasteiger partial charge is 0.280 e. The molecule has 0 aromatic heterocycles. The fraction of sp³-hybridized carbons (Fsp3) is 0.857. The summed E-state index contributed by atoms with van der Waals surface area (Å²) in [5, 5.41) is 8.05. The second-order valence-electron chi connectivity index (χ2n) is 4.31. The Hall–Kier alpha value is -0.450. The van der Waals surface area contributed by atoms with Gasteiger partial charge in [0, 0.05) is 35.7 Å². The number of rotatable bonds is 12. The molecule has 2 amide bonds. The molecule has 132 valence electrons. The van der Waals surface area contributed by atoms with Gasteiger partial charge in [0.15, 0.2) is 0 Å². The topological polar surface area (TPSA) is 88.7 Å². The van der Waals surface area contributed by atoms with Crippen molar-refractivity contribution in [2.45, 2.75) is 26.7 Å². The molecule has 0 atom stereocenters. The van der Waals surface area contributed by atoms with E-state index in [1.54, 1.807) is 29.6 Å². The van der Waals surface area contributed by atoms with Gasteiger partial charge in [-0.3, -0.25) is 9.59 Å². The molecule has 0 aliphatic carbocycles. The monoisotopic (exact) mass is 431 g/mol. The van der Waals surface area contributed by atoms with Gasteiger partial charge < -0.3 is 25.4 Å². The van der Waals surface area contributed by atoms with E-state index in [2.05, 4.69) is 29.8 Å². The fourth-order valence-electron chi connectivity index (χ4n) is 1.03. The number of hydrogen-bond donors (Lipinski definition) is 3. The van der Waals surface area contributed by atoms with E-state index in [0.717, 1.165) is 0 Å². The van der Waals surface area contributed by atoms with Crippen molar-refractivity contribution in [1.82, 2.24) is 16.0 Å². The van der Waals surface area contributed by atoms with Crippen LogP contribution in [0.2, 0.25) is 0 Å². The number of unbranched alkanes of at least 4 members (excludes halogenated alkanes) is 1. The predicted octanol–water partition coefficient (Wildman–Crippen LogP) is 1.31. The lowest BCUT2D eigenvalue weighted by Gasteiger charge is -2.07. The summed E-state index contributed by atoms with van der Waals surface area (Å²) in [6.45, 7) is 7.54. The Balaban J connectivity index is 0. The standard InChI is InChI=1S/C10H20IN3O4.C4H10/c1-12-8-9(15)13-2-4-17-6-7-18-5-3-14-10(11)16;1-3-4-2/h12H,2-8H2,1H3,(H,13,15)(H,14,16);3-4H2,1-2H3. The molecule has 0 aromatic carbocycles. The van der Waals surface area contributed by atoms with Crippen LogP contribution >= 0.6 is 22.6 Å². The second-order valence-corrected chi connectivity index (χ2v) is 5.29. The summed E-state index contributed by atoms with van der Waals surface area (Å²) in [5.41, 5.74) is 0. The molecule has 0 radical (unpaired) electrons. The summed E-state index contributed by atoms with van der Waals surface area (Å²) in [6.07, 6.45) is 2.64. The third-order valence-electron chi connectivity index (χ3n) is 2.29. The van der Waals surface area contributed by atoms with Crippen LogP contribution in [-0.4, -0.2) is 62.9 Å². The lowest BCUT2D eigenvalue weighted by Crippen LogP contribution is -2.34. The molecule has 0 bridgehead atoms. The maximum Gasteiger partial charge on any atom is 0.280 e. The molecule has 0 saturated heterocycles. The Morgan fingerprint density at radius 3 is 1.82 bits per heavy atom. The average molecular weight is 431 g/mol. The van der Waals surface area contributed by atoms with Crippen LogP contribution in [0.4, 0.5) is 4.79 Å². The number of amides is 2. The van der Waals surface area contributed by atoms with E-state index in [9.17, 15) is 9.59 Å². The first-order valence-corrected chi connectivity index (χ1v) is 8.66. The maximum atomic E-state index is 11.0. The number of halogens is 1. The molecule has 0 heterocycles. The maximum absolute atomic E-state index is 11.0. The molecule has 3 N–H and O–H groups in total. The molecular weight excluding hydrogens is 401 g/mol. The van der Waals surface area contributed by atoms with Crippen molar-refractivity contribution in [2.75, 3.05) is 53.1 Å². The van der Waals surface area contributed by atoms with E-state index < -0.39 is 0 Å². The molecule has 0 spiro atoms. The van der Waals surface area contributed by atoms with Crippen LogP contribution in [0.25, 0.3) is 0 Å². The minimum absolute atomic E-state index is 0.0492. The van der Waals surface area contributed by atoms with Crippen molar-refractivity contribution in [3.63, 3.8) is 0 Å². The highest BCUT2D eigenvalue weighted by atomic mass is 127. The summed E-state index contributed by atoms with van der Waals surface area (Å²) in [5.74, 6) is -0.0492. The van der Waals surface area contributed by atoms with Gasteiger partial charge in [-0.2, -0.15) is 0 Å². The van der Waals surface area contributed by atoms with Crippen LogP contribution in [0.5, 0.6) is 0 Å². The van der Waals surface area contributed by atoms with Gasteiger partial charge >= 0.3 is 0 Å². The van der Waals surface area contributed by atoms with Crippen LogP contribution in [0, 0.1) is 0 Å². The minimum atomic E-state index is -0.0928. The van der Waals surface area contributed by atoms with Gasteiger partial charge in [-0.05, 0) is 7.05 Å². The first kappa shape index (κ1) is 23.8. The van der Waals surface area contributed by atoms with E-state index in [-0.39, 0.29) is 9.82 Å². The average Bonchev–Trinajstić information content (AvgIpc) is 2.49. The normalized spacial score (nSPS) is 9.64. The Bertz CT molecular complexity index is 266. The Morgan fingerprint density at radius 1 is 0.909 bits per heavy atom. The van der Waals surface area contributed by atoms with Crippen molar-refractivity contribution in [1.29, 1.82) is 0 Å². The molecular formula is C14H30IN3O4. The summed E-state index contributed by atoms with van der Waals surface area (Å²) < 4.78 is 10.4. The molecule has 0 saturated carbocycles. The Morgan fingerprint density at radius 2 is 1.41 bits per heavy atom. The largest absolute Gasteiger partial charge is 0.377 e. The molecule has 0 unspecified atom stereocenters. The van der Waals surface area contributed by atoms with E-state index in [1.807, 2.05) is 0 Å². The second kappa shape index (κ2) is 20.6. The van der Waals surface area contributed by atoms with E-state index in [1.165, 1.54) is 12.8 Å². The zero-order chi connectivity index (χ0) is 17.1. The Kier molecular flexibility index (Phi) is 22.2. The fourth-order valence-corrected chi connectivity index (χ4v) is 1.30. The quantitative estimate of drug-likeness (QED) is 0.188. The van der Waals surface area contributed by atoms with Crippen LogP contribution < -0.4 is 16.0 Å². The highest BCUT2D eigenvalue weighted by molar-refractivity contribution is 14.1. The molecule has 0 fully saturated rings. The van der Waals surface area contributed by atoms with Crippen molar-refractivity contribution >= 4 is 32.4 Å². The van der Waals surface area contributed by atoms with E-state index >= 15 is 0 Å². The lowest BCUT2D eigenvalue weighted by molar-refractivity contribution is -0.120. The zero-order valence-electron chi connectivity index (χ0n) is 13.9. The van der Waals surface area contributed by atoms with Crippen LogP contribution in [0.3, 0.4) is 0 Å². The SMILES string of the molecule is CCCC.CNCC(=O)NCCOCCOCCNC(=O)I. The van der Waals surface area contributed by atoms with Crippen molar-refractivity contribution in [2.24, 2.45) is 0 Å². The van der Waals surface area contributed by atoms with Gasteiger partial charge in [0.2, 0.25) is 5.91 Å². The summed E-state index contributed by atoms with van der Waals surface area (Å²) >= 11 is 1.67. The van der Waals surface area contributed by atoms with Crippen LogP contribution in [0.15, 0.2) is 0 Å². The number of hydrogen-bond acceptors (Lipinski definition) is 5. The lowest BCUT2D eigenvalue weighted by atomic mass is 10.4. The minimum Gasteiger partial charge on any atom is -0.377 e. The molecule has 0 aliphatic rings. The molecule has 0 rings (SSSR count). The molecule has 0 aromatic rings. The predicted molar refractivity (Wildman–Crippen MR) is 96.6 cm³/mol. The van der Waals surface area contributed by atoms with Gasteiger partial charge in [-0.15, -0.1) is 0 Å². The van der Waals surface area contributed by atoms with Gasteiger partial charge in [-0.1, -0.05) is 26.7 Å². The van der Waals surface area contributed by atoms with Crippen molar-refractivity contribution in [3.05, 3.63) is 0 Å². The van der Waals surface area contributed by atoms with Crippen molar-refractivity contribution < 1.29 is 19.1 Å². The van der Waals surface area contributed by atoms with Gasteiger partial charge in [-0.25, -0.2) is 0 Å². The summed E-state index contributed by atoms with van der Waals surface area (Å²) in [7, 11) is 1.72. The van der Waals surface area contributed by atoms with E-state index in [4.69, 9.17) is 9.47 Å². The first-order valence-electron chi connectivity index (χ1n) is 7.58. The summed E-state index contributed by atoms with van der Waals surface area (Å²) in [4.78, 5) is 21.5.